The number of amides is 1. The molecule has 0 saturated carbocycles. The molecule has 0 aromatic heterocycles. The van der Waals surface area contributed by atoms with Gasteiger partial charge in [0.15, 0.2) is 0 Å². The van der Waals surface area contributed by atoms with Crippen LogP contribution in [0.25, 0.3) is 0 Å². The molecule has 0 bridgehead atoms. The van der Waals surface area contributed by atoms with Crippen molar-refractivity contribution >= 4 is 5.91 Å². The van der Waals surface area contributed by atoms with Crippen molar-refractivity contribution in [3.05, 3.63) is 35.9 Å². The lowest BCUT2D eigenvalue weighted by Crippen LogP contribution is -2.46. The van der Waals surface area contributed by atoms with E-state index in [-0.39, 0.29) is 11.9 Å². The van der Waals surface area contributed by atoms with E-state index in [1.54, 1.807) is 0 Å². The SMILES string of the molecule is CC(C)N(CCC#N)C(C(=O)NN)c1ccccc1. The fraction of sp³-hybridized carbons (Fsp3) is 0.429. The van der Waals surface area contributed by atoms with E-state index in [0.29, 0.717) is 13.0 Å². The van der Waals surface area contributed by atoms with Gasteiger partial charge in [0, 0.05) is 19.0 Å². The van der Waals surface area contributed by atoms with Crippen LogP contribution in [-0.4, -0.2) is 23.4 Å². The van der Waals surface area contributed by atoms with E-state index in [9.17, 15) is 4.79 Å². The van der Waals surface area contributed by atoms with Gasteiger partial charge in [0.2, 0.25) is 0 Å². The van der Waals surface area contributed by atoms with Crippen LogP contribution in [0.1, 0.15) is 31.9 Å². The number of rotatable bonds is 6. The highest BCUT2D eigenvalue weighted by Gasteiger charge is 2.28. The van der Waals surface area contributed by atoms with Gasteiger partial charge in [-0.3, -0.25) is 15.1 Å². The van der Waals surface area contributed by atoms with Crippen molar-refractivity contribution in [3.8, 4) is 6.07 Å². The number of nitrogens with two attached hydrogens (primary N) is 1. The van der Waals surface area contributed by atoms with Gasteiger partial charge in [0.05, 0.1) is 6.07 Å². The first-order chi connectivity index (χ1) is 9.11. The summed E-state index contributed by atoms with van der Waals surface area (Å²) in [5, 5.41) is 8.74. The first-order valence-electron chi connectivity index (χ1n) is 6.30. The normalized spacial score (nSPS) is 12.2. The molecule has 1 aromatic carbocycles. The van der Waals surface area contributed by atoms with E-state index in [4.69, 9.17) is 11.1 Å². The van der Waals surface area contributed by atoms with Crippen molar-refractivity contribution in [2.45, 2.75) is 32.4 Å². The van der Waals surface area contributed by atoms with Gasteiger partial charge in [-0.05, 0) is 19.4 Å². The van der Waals surface area contributed by atoms with Gasteiger partial charge in [-0.25, -0.2) is 5.84 Å². The van der Waals surface area contributed by atoms with Crippen molar-refractivity contribution in [1.29, 1.82) is 5.26 Å². The highest BCUT2D eigenvalue weighted by molar-refractivity contribution is 5.82. The Bertz CT molecular complexity index is 439. The van der Waals surface area contributed by atoms with Crippen LogP contribution in [0.2, 0.25) is 0 Å². The van der Waals surface area contributed by atoms with E-state index >= 15 is 0 Å². The Hall–Kier alpha value is -1.90. The molecule has 0 saturated heterocycles. The zero-order valence-electron chi connectivity index (χ0n) is 11.3. The number of nitrogens with one attached hydrogen (secondary N) is 1. The van der Waals surface area contributed by atoms with Crippen LogP contribution < -0.4 is 11.3 Å². The maximum atomic E-state index is 12.1. The maximum Gasteiger partial charge on any atom is 0.255 e. The number of hydrogen-bond donors (Lipinski definition) is 2. The third kappa shape index (κ3) is 4.05. The van der Waals surface area contributed by atoms with Gasteiger partial charge in [-0.2, -0.15) is 5.26 Å². The van der Waals surface area contributed by atoms with E-state index in [1.165, 1.54) is 0 Å². The molecule has 0 aliphatic carbocycles. The molecule has 5 heteroatoms. The van der Waals surface area contributed by atoms with E-state index in [0.717, 1.165) is 5.56 Å². The molecular weight excluding hydrogens is 240 g/mol. The van der Waals surface area contributed by atoms with Crippen LogP contribution in [-0.2, 0) is 4.79 Å². The Balaban J connectivity index is 3.07. The van der Waals surface area contributed by atoms with E-state index < -0.39 is 6.04 Å². The van der Waals surface area contributed by atoms with Gasteiger partial charge in [0.25, 0.3) is 5.91 Å². The monoisotopic (exact) mass is 260 g/mol. The second-order valence-electron chi connectivity index (χ2n) is 4.56. The summed E-state index contributed by atoms with van der Waals surface area (Å²) in [6, 6.07) is 11.2. The number of benzene rings is 1. The van der Waals surface area contributed by atoms with Crippen LogP contribution in [0.4, 0.5) is 0 Å². The summed E-state index contributed by atoms with van der Waals surface area (Å²) < 4.78 is 0. The molecule has 3 N–H and O–H groups in total. The number of nitriles is 1. The van der Waals surface area contributed by atoms with Crippen LogP contribution in [0.3, 0.4) is 0 Å². The largest absolute Gasteiger partial charge is 0.293 e. The summed E-state index contributed by atoms with van der Waals surface area (Å²) in [7, 11) is 0. The summed E-state index contributed by atoms with van der Waals surface area (Å²) in [5.41, 5.74) is 3.08. The molecule has 102 valence electrons. The summed E-state index contributed by atoms with van der Waals surface area (Å²) in [6.45, 7) is 4.52. The minimum Gasteiger partial charge on any atom is -0.293 e. The minimum atomic E-state index is -0.473. The minimum absolute atomic E-state index is 0.135. The van der Waals surface area contributed by atoms with Crippen molar-refractivity contribution in [2.24, 2.45) is 5.84 Å². The van der Waals surface area contributed by atoms with Crippen LogP contribution >= 0.6 is 0 Å². The molecular formula is C14H20N4O. The topological polar surface area (TPSA) is 82.2 Å². The highest BCUT2D eigenvalue weighted by atomic mass is 16.2. The number of hydrazine groups is 1. The molecule has 1 atom stereocenters. The first kappa shape index (κ1) is 15.2. The summed E-state index contributed by atoms with van der Waals surface area (Å²) >= 11 is 0. The Morgan fingerprint density at radius 3 is 2.53 bits per heavy atom. The zero-order chi connectivity index (χ0) is 14.3. The van der Waals surface area contributed by atoms with Crippen LogP contribution in [0.5, 0.6) is 0 Å². The quantitative estimate of drug-likeness (QED) is 0.459. The Kier molecular flexibility index (Phi) is 6.00. The summed E-state index contributed by atoms with van der Waals surface area (Å²) in [6.07, 6.45) is 0.374. The van der Waals surface area contributed by atoms with Crippen molar-refractivity contribution in [3.63, 3.8) is 0 Å². The van der Waals surface area contributed by atoms with Crippen molar-refractivity contribution in [1.82, 2.24) is 10.3 Å². The third-order valence-corrected chi connectivity index (χ3v) is 2.98. The molecule has 1 aromatic rings. The van der Waals surface area contributed by atoms with Gasteiger partial charge < -0.3 is 0 Å². The van der Waals surface area contributed by atoms with Gasteiger partial charge in [-0.1, -0.05) is 30.3 Å². The number of carbonyl (C=O) groups is 1. The Morgan fingerprint density at radius 1 is 1.42 bits per heavy atom. The molecule has 0 aliphatic rings. The van der Waals surface area contributed by atoms with Gasteiger partial charge in [0.1, 0.15) is 6.04 Å². The fourth-order valence-corrected chi connectivity index (χ4v) is 2.07. The van der Waals surface area contributed by atoms with Crippen molar-refractivity contribution < 1.29 is 4.79 Å². The molecule has 5 nitrogen and oxygen atoms in total. The predicted molar refractivity (Wildman–Crippen MR) is 73.6 cm³/mol. The lowest BCUT2D eigenvalue weighted by molar-refractivity contribution is -0.127. The van der Waals surface area contributed by atoms with E-state index in [1.807, 2.05) is 49.1 Å². The maximum absolute atomic E-state index is 12.1. The van der Waals surface area contributed by atoms with Gasteiger partial charge in [-0.15, -0.1) is 0 Å². The molecule has 0 fully saturated rings. The Morgan fingerprint density at radius 2 is 2.05 bits per heavy atom. The molecule has 1 amide bonds. The summed E-state index contributed by atoms with van der Waals surface area (Å²) in [4.78, 5) is 14.0. The summed E-state index contributed by atoms with van der Waals surface area (Å²) in [5.74, 6) is 5.02. The average Bonchev–Trinajstić information content (AvgIpc) is 2.43. The molecule has 19 heavy (non-hydrogen) atoms. The smallest absolute Gasteiger partial charge is 0.255 e. The lowest BCUT2D eigenvalue weighted by atomic mass is 10.0. The number of carbonyl (C=O) groups excluding carboxylic acids is 1. The van der Waals surface area contributed by atoms with Crippen LogP contribution in [0.15, 0.2) is 30.3 Å². The molecule has 0 radical (unpaired) electrons. The van der Waals surface area contributed by atoms with Crippen LogP contribution in [0, 0.1) is 11.3 Å². The molecule has 1 unspecified atom stereocenters. The first-order valence-corrected chi connectivity index (χ1v) is 6.30. The molecule has 0 spiro atoms. The lowest BCUT2D eigenvalue weighted by Gasteiger charge is -2.33. The second kappa shape index (κ2) is 7.52. The zero-order valence-corrected chi connectivity index (χ0v) is 11.3. The van der Waals surface area contributed by atoms with Crippen molar-refractivity contribution in [2.75, 3.05) is 6.54 Å². The second-order valence-corrected chi connectivity index (χ2v) is 4.56. The van der Waals surface area contributed by atoms with E-state index in [2.05, 4.69) is 11.5 Å². The highest BCUT2D eigenvalue weighted by Crippen LogP contribution is 2.23. The number of nitrogens with zero attached hydrogens (tertiary/aromatic N) is 2. The van der Waals surface area contributed by atoms with Gasteiger partial charge >= 0.3 is 0 Å². The molecule has 0 heterocycles. The molecule has 0 aliphatic heterocycles. The standard InChI is InChI=1S/C14H20N4O/c1-11(2)18(10-6-9-15)13(14(19)17-16)12-7-4-3-5-8-12/h3-5,7-8,11,13H,6,10,16H2,1-2H3,(H,17,19). The number of hydrogen-bond acceptors (Lipinski definition) is 4. The predicted octanol–water partition coefficient (Wildman–Crippen LogP) is 1.34. The third-order valence-electron chi connectivity index (χ3n) is 2.98. The fourth-order valence-electron chi connectivity index (χ4n) is 2.07. The Labute approximate surface area is 114 Å². The molecule has 1 rings (SSSR count). The average molecular weight is 260 g/mol.